The maximum atomic E-state index is 13.1. The molecule has 0 fully saturated rings. The van der Waals surface area contributed by atoms with Crippen LogP contribution in [0.3, 0.4) is 0 Å². The number of benzene rings is 3. The number of fused-ring (bicyclic) bond motifs is 1. The van der Waals surface area contributed by atoms with E-state index in [-0.39, 0.29) is 24.5 Å². The highest BCUT2D eigenvalue weighted by atomic mass is 16.5. The van der Waals surface area contributed by atoms with E-state index in [1.807, 2.05) is 12.1 Å². The smallest absolute Gasteiger partial charge is 0.341 e. The van der Waals surface area contributed by atoms with Crippen molar-refractivity contribution in [2.45, 2.75) is 57.9 Å². The first-order valence-electron chi connectivity index (χ1n) is 12.3. The molecule has 0 aromatic heterocycles. The summed E-state index contributed by atoms with van der Waals surface area (Å²) in [6.45, 7) is 3.77. The Kier molecular flexibility index (Phi) is 7.86. The second-order valence-corrected chi connectivity index (χ2v) is 9.46. The molecule has 2 N–H and O–H groups in total. The minimum absolute atomic E-state index is 0.0292. The molecular formula is C30H33NO4. The van der Waals surface area contributed by atoms with Crippen molar-refractivity contribution in [3.8, 4) is 5.75 Å². The van der Waals surface area contributed by atoms with E-state index in [0.717, 1.165) is 42.4 Å². The van der Waals surface area contributed by atoms with Crippen LogP contribution in [0.4, 0.5) is 0 Å². The van der Waals surface area contributed by atoms with Gasteiger partial charge >= 0.3 is 5.97 Å². The summed E-state index contributed by atoms with van der Waals surface area (Å²) in [4.78, 5) is 24.1. The third-order valence-corrected chi connectivity index (χ3v) is 6.79. The van der Waals surface area contributed by atoms with Gasteiger partial charge in [-0.05, 0) is 73.8 Å². The number of carboxylic acid groups (broad SMARTS) is 1. The molecule has 0 radical (unpaired) electrons. The van der Waals surface area contributed by atoms with Gasteiger partial charge in [0.1, 0.15) is 5.75 Å². The van der Waals surface area contributed by atoms with Crippen molar-refractivity contribution in [1.82, 2.24) is 5.32 Å². The Morgan fingerprint density at radius 2 is 1.60 bits per heavy atom. The van der Waals surface area contributed by atoms with Crippen molar-refractivity contribution in [1.29, 1.82) is 0 Å². The van der Waals surface area contributed by atoms with Crippen molar-refractivity contribution >= 4 is 11.9 Å². The van der Waals surface area contributed by atoms with E-state index in [9.17, 15) is 9.59 Å². The van der Waals surface area contributed by atoms with E-state index in [2.05, 4.69) is 73.8 Å². The van der Waals surface area contributed by atoms with Crippen LogP contribution < -0.4 is 10.1 Å². The number of rotatable bonds is 9. The van der Waals surface area contributed by atoms with Crippen molar-refractivity contribution in [2.24, 2.45) is 0 Å². The molecule has 5 heteroatoms. The second-order valence-electron chi connectivity index (χ2n) is 9.46. The van der Waals surface area contributed by atoms with Crippen LogP contribution in [-0.4, -0.2) is 23.6 Å². The average Bonchev–Trinajstić information content (AvgIpc) is 2.86. The molecule has 0 saturated heterocycles. The molecule has 3 aromatic rings. The zero-order valence-electron chi connectivity index (χ0n) is 20.4. The molecule has 1 aliphatic rings. The molecule has 1 amide bonds. The summed E-state index contributed by atoms with van der Waals surface area (Å²) in [5, 5.41) is 12.2. The maximum Gasteiger partial charge on any atom is 0.341 e. The lowest BCUT2D eigenvalue weighted by atomic mass is 9.80. The number of ether oxygens (including phenoxy) is 1. The molecule has 182 valence electrons. The van der Waals surface area contributed by atoms with Crippen LogP contribution in [0.25, 0.3) is 0 Å². The zero-order chi connectivity index (χ0) is 24.8. The number of aliphatic carboxylic acids is 1. The molecule has 1 aliphatic carbocycles. The molecule has 0 heterocycles. The number of carbonyl (C=O) groups is 2. The lowest BCUT2D eigenvalue weighted by molar-refractivity contribution is -0.139. The SMILES string of the molecule is Cc1ccc(C(NC(=O)CCC2CCCc3c(OCC(=O)O)cccc32)c2ccc(C)cc2)cc1. The number of aryl methyl sites for hydroxylation is 2. The molecular weight excluding hydrogens is 438 g/mol. The quantitative estimate of drug-likeness (QED) is 0.409. The Labute approximate surface area is 207 Å². The van der Waals surface area contributed by atoms with Crippen LogP contribution in [0, 0.1) is 13.8 Å². The van der Waals surface area contributed by atoms with Crippen LogP contribution in [0.2, 0.25) is 0 Å². The molecule has 1 unspecified atom stereocenters. The van der Waals surface area contributed by atoms with Gasteiger partial charge in [-0.25, -0.2) is 4.79 Å². The van der Waals surface area contributed by atoms with E-state index in [1.165, 1.54) is 16.7 Å². The van der Waals surface area contributed by atoms with Gasteiger partial charge in [-0.15, -0.1) is 0 Å². The summed E-state index contributed by atoms with van der Waals surface area (Å²) < 4.78 is 5.53. The first kappa shape index (κ1) is 24.5. The van der Waals surface area contributed by atoms with Crippen molar-refractivity contribution in [3.05, 3.63) is 100 Å². The van der Waals surface area contributed by atoms with Gasteiger partial charge in [-0.3, -0.25) is 4.79 Å². The molecule has 4 rings (SSSR count). The van der Waals surface area contributed by atoms with Crippen molar-refractivity contribution in [2.75, 3.05) is 6.61 Å². The lowest BCUT2D eigenvalue weighted by Gasteiger charge is -2.27. The second kappa shape index (κ2) is 11.2. The molecule has 3 aromatic carbocycles. The molecule has 0 spiro atoms. The third-order valence-electron chi connectivity index (χ3n) is 6.79. The van der Waals surface area contributed by atoms with Gasteiger partial charge in [0.15, 0.2) is 6.61 Å². The van der Waals surface area contributed by atoms with E-state index < -0.39 is 5.97 Å². The van der Waals surface area contributed by atoms with E-state index in [1.54, 1.807) is 0 Å². The Morgan fingerprint density at radius 3 is 2.20 bits per heavy atom. The van der Waals surface area contributed by atoms with Gasteiger partial charge in [-0.1, -0.05) is 71.8 Å². The number of hydrogen-bond donors (Lipinski definition) is 2. The molecule has 35 heavy (non-hydrogen) atoms. The van der Waals surface area contributed by atoms with Crippen molar-refractivity contribution < 1.29 is 19.4 Å². The van der Waals surface area contributed by atoms with E-state index >= 15 is 0 Å². The van der Waals surface area contributed by atoms with Crippen LogP contribution in [0.1, 0.15) is 71.0 Å². The number of amides is 1. The van der Waals surface area contributed by atoms with Gasteiger partial charge < -0.3 is 15.2 Å². The van der Waals surface area contributed by atoms with Gasteiger partial charge in [-0.2, -0.15) is 0 Å². The Bertz CT molecular complexity index is 1120. The van der Waals surface area contributed by atoms with Crippen molar-refractivity contribution in [3.63, 3.8) is 0 Å². The highest BCUT2D eigenvalue weighted by Crippen LogP contribution is 2.39. The minimum atomic E-state index is -0.983. The van der Waals surface area contributed by atoms with Crippen LogP contribution in [-0.2, 0) is 16.0 Å². The van der Waals surface area contributed by atoms with Crippen LogP contribution in [0.15, 0.2) is 66.7 Å². The van der Waals surface area contributed by atoms with Gasteiger partial charge in [0.25, 0.3) is 0 Å². The number of carboxylic acids is 1. The third kappa shape index (κ3) is 6.30. The van der Waals surface area contributed by atoms with Gasteiger partial charge in [0, 0.05) is 6.42 Å². The normalized spacial score (nSPS) is 14.9. The van der Waals surface area contributed by atoms with E-state index in [0.29, 0.717) is 12.2 Å². The highest BCUT2D eigenvalue weighted by Gasteiger charge is 2.24. The summed E-state index contributed by atoms with van der Waals surface area (Å²) in [6.07, 6.45) is 4.06. The summed E-state index contributed by atoms with van der Waals surface area (Å²) in [5.41, 5.74) is 6.77. The predicted octanol–water partition coefficient (Wildman–Crippen LogP) is 5.87. The number of carbonyl (C=O) groups excluding carboxylic acids is 1. The van der Waals surface area contributed by atoms with E-state index in [4.69, 9.17) is 9.84 Å². The summed E-state index contributed by atoms with van der Waals surface area (Å²) >= 11 is 0. The minimum Gasteiger partial charge on any atom is -0.482 e. The standard InChI is InChI=1S/C30H33NO4/c1-20-9-13-23(14-10-20)30(24-15-11-21(2)12-16-24)31-28(32)18-17-22-5-3-7-26-25(22)6-4-8-27(26)35-19-29(33)34/h4,6,8-16,22,30H,3,5,7,17-19H2,1-2H3,(H,31,32)(H,33,34). The fraction of sp³-hybridized carbons (Fsp3) is 0.333. The first-order chi connectivity index (χ1) is 16.9. The summed E-state index contributed by atoms with van der Waals surface area (Å²) in [6, 6.07) is 22.3. The topological polar surface area (TPSA) is 75.6 Å². The molecule has 0 bridgehead atoms. The van der Waals surface area contributed by atoms with Crippen LogP contribution in [0.5, 0.6) is 5.75 Å². The molecule has 5 nitrogen and oxygen atoms in total. The zero-order valence-corrected chi connectivity index (χ0v) is 20.4. The maximum absolute atomic E-state index is 13.1. The summed E-state index contributed by atoms with van der Waals surface area (Å²) in [5.74, 6) is -0.0437. The predicted molar refractivity (Wildman–Crippen MR) is 137 cm³/mol. The number of hydrogen-bond acceptors (Lipinski definition) is 3. The first-order valence-corrected chi connectivity index (χ1v) is 12.3. The van der Waals surface area contributed by atoms with Gasteiger partial charge in [0.2, 0.25) is 5.91 Å². The summed E-state index contributed by atoms with van der Waals surface area (Å²) in [7, 11) is 0. The average molecular weight is 472 g/mol. The monoisotopic (exact) mass is 471 g/mol. The largest absolute Gasteiger partial charge is 0.482 e. The van der Waals surface area contributed by atoms with Crippen LogP contribution >= 0.6 is 0 Å². The Balaban J connectivity index is 1.46. The van der Waals surface area contributed by atoms with Gasteiger partial charge in [0.05, 0.1) is 6.04 Å². The fourth-order valence-corrected chi connectivity index (χ4v) is 4.90. The molecule has 0 aliphatic heterocycles. The molecule has 1 atom stereocenters. The highest BCUT2D eigenvalue weighted by molar-refractivity contribution is 5.77. The number of nitrogens with one attached hydrogen (secondary N) is 1. The molecule has 0 saturated carbocycles. The Morgan fingerprint density at radius 1 is 0.971 bits per heavy atom. The fourth-order valence-electron chi connectivity index (χ4n) is 4.90. The Hall–Kier alpha value is -3.60. The lowest BCUT2D eigenvalue weighted by Crippen LogP contribution is -2.29.